The Morgan fingerprint density at radius 2 is 2.16 bits per heavy atom. The lowest BCUT2D eigenvalue weighted by Gasteiger charge is -2.06. The molecule has 98 valence electrons. The molecule has 3 N–H and O–H groups in total. The summed E-state index contributed by atoms with van der Waals surface area (Å²) in [5, 5.41) is 2.62. The van der Waals surface area contributed by atoms with E-state index in [2.05, 4.69) is 10.3 Å². The van der Waals surface area contributed by atoms with Gasteiger partial charge in [0.15, 0.2) is 0 Å². The molecule has 0 aliphatic heterocycles. The monoisotopic (exact) mass is 259 g/mol. The molecule has 0 bridgehead atoms. The second-order valence-corrected chi connectivity index (χ2v) is 4.27. The predicted octanol–water partition coefficient (Wildman–Crippen LogP) is 2.29. The number of hydrogen-bond donors (Lipinski definition) is 2. The number of aromatic nitrogens is 1. The summed E-state index contributed by atoms with van der Waals surface area (Å²) < 4.78 is 13.3. The van der Waals surface area contributed by atoms with Crippen LogP contribution in [0, 0.1) is 12.7 Å². The molecule has 1 aromatic carbocycles. The van der Waals surface area contributed by atoms with Gasteiger partial charge in [-0.05, 0) is 36.8 Å². The van der Waals surface area contributed by atoms with Gasteiger partial charge in [0.1, 0.15) is 5.82 Å². The van der Waals surface area contributed by atoms with Crippen molar-refractivity contribution in [3.05, 3.63) is 53.6 Å². The van der Waals surface area contributed by atoms with Crippen molar-refractivity contribution in [2.24, 2.45) is 0 Å². The number of amides is 1. The Balaban J connectivity index is 2.01. The van der Waals surface area contributed by atoms with Crippen LogP contribution >= 0.6 is 0 Å². The van der Waals surface area contributed by atoms with E-state index in [0.717, 1.165) is 0 Å². The van der Waals surface area contributed by atoms with Gasteiger partial charge in [-0.3, -0.25) is 9.78 Å². The molecular weight excluding hydrogens is 245 g/mol. The maximum atomic E-state index is 13.3. The number of nitrogens with one attached hydrogen (secondary N) is 1. The van der Waals surface area contributed by atoms with Gasteiger partial charge in [-0.25, -0.2) is 4.39 Å². The highest BCUT2D eigenvalue weighted by Crippen LogP contribution is 2.14. The predicted molar refractivity (Wildman–Crippen MR) is 72.1 cm³/mol. The number of nitrogens with zero attached hydrogens (tertiary/aromatic N) is 1. The van der Waals surface area contributed by atoms with Gasteiger partial charge in [-0.2, -0.15) is 0 Å². The molecular formula is C14H14FN3O. The van der Waals surface area contributed by atoms with Gasteiger partial charge in [0.2, 0.25) is 5.91 Å². The number of anilines is 2. The van der Waals surface area contributed by atoms with Crippen molar-refractivity contribution in [1.29, 1.82) is 0 Å². The lowest BCUT2D eigenvalue weighted by atomic mass is 10.2. The zero-order valence-electron chi connectivity index (χ0n) is 10.5. The second-order valence-electron chi connectivity index (χ2n) is 4.27. The molecule has 0 unspecified atom stereocenters. The first kappa shape index (κ1) is 13.0. The van der Waals surface area contributed by atoms with E-state index >= 15 is 0 Å². The highest BCUT2D eigenvalue weighted by Gasteiger charge is 2.06. The zero-order valence-corrected chi connectivity index (χ0v) is 10.5. The van der Waals surface area contributed by atoms with Crippen molar-refractivity contribution in [2.75, 3.05) is 11.1 Å². The van der Waals surface area contributed by atoms with E-state index in [-0.39, 0.29) is 18.1 Å². The van der Waals surface area contributed by atoms with Gasteiger partial charge in [-0.1, -0.05) is 6.07 Å². The largest absolute Gasteiger partial charge is 0.397 e. The first-order valence-electron chi connectivity index (χ1n) is 5.81. The summed E-state index contributed by atoms with van der Waals surface area (Å²) in [5.74, 6) is -0.594. The number of hydrogen-bond acceptors (Lipinski definition) is 3. The molecule has 0 atom stereocenters. The van der Waals surface area contributed by atoms with Crippen LogP contribution in [0.15, 0.2) is 36.5 Å². The first-order valence-corrected chi connectivity index (χ1v) is 5.81. The summed E-state index contributed by atoms with van der Waals surface area (Å²) in [5.41, 5.74) is 7.64. The van der Waals surface area contributed by atoms with Crippen molar-refractivity contribution in [2.45, 2.75) is 13.3 Å². The van der Waals surface area contributed by atoms with Crippen LogP contribution < -0.4 is 11.1 Å². The standard InChI is InChI=1S/C14H14FN3O/c1-9-2-4-12(6-13(9)15)18-14(19)7-11-5-3-10(16)8-17-11/h2-6,8H,7,16H2,1H3,(H,18,19). The molecule has 2 aromatic rings. The average Bonchev–Trinajstić information content (AvgIpc) is 2.37. The van der Waals surface area contributed by atoms with E-state index in [4.69, 9.17) is 5.73 Å². The Labute approximate surface area is 110 Å². The van der Waals surface area contributed by atoms with Gasteiger partial charge in [0, 0.05) is 11.4 Å². The summed E-state index contributed by atoms with van der Waals surface area (Å²) >= 11 is 0. The number of pyridine rings is 1. The van der Waals surface area contributed by atoms with Gasteiger partial charge in [0.25, 0.3) is 0 Å². The molecule has 5 heteroatoms. The number of halogens is 1. The summed E-state index contributed by atoms with van der Waals surface area (Å²) in [6, 6.07) is 7.94. The molecule has 0 aliphatic carbocycles. The van der Waals surface area contributed by atoms with Crippen LogP contribution in [-0.4, -0.2) is 10.9 Å². The SMILES string of the molecule is Cc1ccc(NC(=O)Cc2ccc(N)cn2)cc1F. The fraction of sp³-hybridized carbons (Fsp3) is 0.143. The molecule has 0 saturated heterocycles. The van der Waals surface area contributed by atoms with E-state index in [9.17, 15) is 9.18 Å². The van der Waals surface area contributed by atoms with Crippen molar-refractivity contribution in [1.82, 2.24) is 4.98 Å². The maximum absolute atomic E-state index is 13.3. The molecule has 2 rings (SSSR count). The van der Waals surface area contributed by atoms with Crippen molar-refractivity contribution >= 4 is 17.3 Å². The van der Waals surface area contributed by atoms with Crippen LogP contribution in [0.4, 0.5) is 15.8 Å². The number of nitrogens with two attached hydrogens (primary N) is 1. The minimum absolute atomic E-state index is 0.121. The van der Waals surface area contributed by atoms with Crippen LogP contribution in [0.1, 0.15) is 11.3 Å². The zero-order chi connectivity index (χ0) is 13.8. The fourth-order valence-corrected chi connectivity index (χ4v) is 1.58. The van der Waals surface area contributed by atoms with Crippen LogP contribution in [-0.2, 0) is 11.2 Å². The number of aryl methyl sites for hydroxylation is 1. The third-order valence-corrected chi connectivity index (χ3v) is 2.64. The van der Waals surface area contributed by atoms with E-state index in [1.54, 1.807) is 31.2 Å². The molecule has 19 heavy (non-hydrogen) atoms. The third kappa shape index (κ3) is 3.51. The Bertz CT molecular complexity index is 596. The molecule has 1 aromatic heterocycles. The summed E-state index contributed by atoms with van der Waals surface area (Å²) in [7, 11) is 0. The number of benzene rings is 1. The van der Waals surface area contributed by atoms with Crippen LogP contribution in [0.2, 0.25) is 0 Å². The van der Waals surface area contributed by atoms with E-state index in [1.807, 2.05) is 0 Å². The number of carbonyl (C=O) groups excluding carboxylic acids is 1. The van der Waals surface area contributed by atoms with E-state index in [1.165, 1.54) is 12.3 Å². The first-order chi connectivity index (χ1) is 9.04. The van der Waals surface area contributed by atoms with Crippen LogP contribution in [0.3, 0.4) is 0 Å². The molecule has 0 saturated carbocycles. The average molecular weight is 259 g/mol. The fourth-order valence-electron chi connectivity index (χ4n) is 1.58. The third-order valence-electron chi connectivity index (χ3n) is 2.64. The summed E-state index contributed by atoms with van der Waals surface area (Å²) in [6.45, 7) is 1.67. The second kappa shape index (κ2) is 5.48. The Morgan fingerprint density at radius 1 is 1.37 bits per heavy atom. The lowest BCUT2D eigenvalue weighted by Crippen LogP contribution is -2.15. The molecule has 0 spiro atoms. The van der Waals surface area contributed by atoms with E-state index in [0.29, 0.717) is 22.6 Å². The maximum Gasteiger partial charge on any atom is 0.230 e. The van der Waals surface area contributed by atoms with Crippen molar-refractivity contribution in [3.8, 4) is 0 Å². The van der Waals surface area contributed by atoms with Gasteiger partial charge >= 0.3 is 0 Å². The molecule has 1 amide bonds. The van der Waals surface area contributed by atoms with Gasteiger partial charge in [0.05, 0.1) is 18.3 Å². The number of rotatable bonds is 3. The molecule has 0 fully saturated rings. The minimum Gasteiger partial charge on any atom is -0.397 e. The molecule has 4 nitrogen and oxygen atoms in total. The minimum atomic E-state index is -0.344. The Kier molecular flexibility index (Phi) is 3.75. The quantitative estimate of drug-likeness (QED) is 0.888. The van der Waals surface area contributed by atoms with Gasteiger partial charge < -0.3 is 11.1 Å². The van der Waals surface area contributed by atoms with Crippen molar-refractivity contribution in [3.63, 3.8) is 0 Å². The Hall–Kier alpha value is -2.43. The molecule has 1 heterocycles. The van der Waals surface area contributed by atoms with E-state index < -0.39 is 0 Å². The highest BCUT2D eigenvalue weighted by atomic mass is 19.1. The van der Waals surface area contributed by atoms with Crippen LogP contribution in [0.25, 0.3) is 0 Å². The van der Waals surface area contributed by atoms with Crippen molar-refractivity contribution < 1.29 is 9.18 Å². The summed E-state index contributed by atoms with van der Waals surface area (Å²) in [6.07, 6.45) is 1.62. The van der Waals surface area contributed by atoms with Gasteiger partial charge in [-0.15, -0.1) is 0 Å². The topological polar surface area (TPSA) is 68.0 Å². The number of nitrogen functional groups attached to an aromatic ring is 1. The smallest absolute Gasteiger partial charge is 0.230 e. The van der Waals surface area contributed by atoms with Crippen LogP contribution in [0.5, 0.6) is 0 Å². The lowest BCUT2D eigenvalue weighted by molar-refractivity contribution is -0.115. The highest BCUT2D eigenvalue weighted by molar-refractivity contribution is 5.92. The summed E-state index contributed by atoms with van der Waals surface area (Å²) in [4.78, 5) is 15.8. The Morgan fingerprint density at radius 3 is 2.79 bits per heavy atom. The normalized spacial score (nSPS) is 10.2. The molecule has 0 aliphatic rings. The molecule has 0 radical (unpaired) electrons. The number of carbonyl (C=O) groups is 1.